The second-order valence-electron chi connectivity index (χ2n) is 4.74. The van der Waals surface area contributed by atoms with E-state index in [0.717, 1.165) is 5.56 Å². The lowest BCUT2D eigenvalue weighted by atomic mass is 10.1. The lowest BCUT2D eigenvalue weighted by Crippen LogP contribution is -2.15. The van der Waals surface area contributed by atoms with Crippen LogP contribution in [0, 0.1) is 13.8 Å². The van der Waals surface area contributed by atoms with Crippen molar-refractivity contribution in [1.82, 2.24) is 9.78 Å². The van der Waals surface area contributed by atoms with E-state index < -0.39 is 5.97 Å². The zero-order valence-electron chi connectivity index (χ0n) is 12.4. The quantitative estimate of drug-likeness (QED) is 0.877. The van der Waals surface area contributed by atoms with Crippen LogP contribution in [0.1, 0.15) is 32.1 Å². The standard InChI is InChI=1S/C15H17N3O3/c1-9-5-7-11(8-6-9)14(19)16-12-10(2)18(3)17-13(12)15(20)21-4/h5-8H,1-4H3,(H,16,19). The summed E-state index contributed by atoms with van der Waals surface area (Å²) in [5.74, 6) is -0.880. The molecular weight excluding hydrogens is 270 g/mol. The van der Waals surface area contributed by atoms with E-state index in [9.17, 15) is 9.59 Å². The van der Waals surface area contributed by atoms with Crippen molar-refractivity contribution in [1.29, 1.82) is 0 Å². The van der Waals surface area contributed by atoms with Crippen LogP contribution in [0.4, 0.5) is 5.69 Å². The fraction of sp³-hybridized carbons (Fsp3) is 0.267. The number of anilines is 1. The number of nitrogens with zero attached hydrogens (tertiary/aromatic N) is 2. The van der Waals surface area contributed by atoms with Crippen molar-refractivity contribution in [3.05, 3.63) is 46.8 Å². The van der Waals surface area contributed by atoms with E-state index in [-0.39, 0.29) is 11.6 Å². The normalized spacial score (nSPS) is 10.3. The first-order valence-corrected chi connectivity index (χ1v) is 6.44. The predicted molar refractivity (Wildman–Crippen MR) is 78.4 cm³/mol. The lowest BCUT2D eigenvalue weighted by Gasteiger charge is -2.06. The molecule has 6 heteroatoms. The van der Waals surface area contributed by atoms with E-state index in [1.54, 1.807) is 26.1 Å². The van der Waals surface area contributed by atoms with Crippen LogP contribution in [0.15, 0.2) is 24.3 Å². The number of ether oxygens (including phenoxy) is 1. The van der Waals surface area contributed by atoms with Gasteiger partial charge in [-0.2, -0.15) is 5.10 Å². The molecule has 0 aliphatic heterocycles. The van der Waals surface area contributed by atoms with Gasteiger partial charge in [0.2, 0.25) is 0 Å². The summed E-state index contributed by atoms with van der Waals surface area (Å²) in [7, 11) is 2.97. The molecule has 2 rings (SSSR count). The Bertz CT molecular complexity index is 687. The highest BCUT2D eigenvalue weighted by molar-refractivity contribution is 6.07. The molecule has 110 valence electrons. The molecule has 0 aliphatic rings. The predicted octanol–water partition coefficient (Wildman–Crippen LogP) is 2.08. The van der Waals surface area contributed by atoms with Gasteiger partial charge in [0.15, 0.2) is 5.69 Å². The maximum atomic E-state index is 12.2. The van der Waals surface area contributed by atoms with E-state index in [1.807, 2.05) is 19.1 Å². The monoisotopic (exact) mass is 287 g/mol. The highest BCUT2D eigenvalue weighted by atomic mass is 16.5. The number of rotatable bonds is 3. The van der Waals surface area contributed by atoms with Crippen LogP contribution in [0.3, 0.4) is 0 Å². The van der Waals surface area contributed by atoms with Gasteiger partial charge in [0, 0.05) is 12.6 Å². The Morgan fingerprint density at radius 1 is 1.19 bits per heavy atom. The summed E-state index contributed by atoms with van der Waals surface area (Å²) in [6, 6.07) is 7.17. The van der Waals surface area contributed by atoms with Crippen molar-refractivity contribution in [2.24, 2.45) is 7.05 Å². The minimum Gasteiger partial charge on any atom is -0.464 e. The number of hydrogen-bond donors (Lipinski definition) is 1. The molecule has 1 aromatic heterocycles. The Kier molecular flexibility index (Phi) is 4.07. The SMILES string of the molecule is COC(=O)c1nn(C)c(C)c1NC(=O)c1ccc(C)cc1. The number of benzene rings is 1. The van der Waals surface area contributed by atoms with Gasteiger partial charge in [0.1, 0.15) is 0 Å². The van der Waals surface area contributed by atoms with Gasteiger partial charge in [-0.3, -0.25) is 9.48 Å². The van der Waals surface area contributed by atoms with Gasteiger partial charge in [0.05, 0.1) is 18.5 Å². The number of amides is 1. The maximum Gasteiger partial charge on any atom is 0.360 e. The maximum absolute atomic E-state index is 12.2. The molecule has 1 amide bonds. The molecule has 1 aromatic carbocycles. The zero-order chi connectivity index (χ0) is 15.6. The number of esters is 1. The smallest absolute Gasteiger partial charge is 0.360 e. The Morgan fingerprint density at radius 3 is 2.38 bits per heavy atom. The number of aryl methyl sites for hydroxylation is 2. The molecule has 0 radical (unpaired) electrons. The Labute approximate surface area is 122 Å². The first kappa shape index (κ1) is 14.8. The van der Waals surface area contributed by atoms with Gasteiger partial charge >= 0.3 is 5.97 Å². The van der Waals surface area contributed by atoms with Gasteiger partial charge < -0.3 is 10.1 Å². The highest BCUT2D eigenvalue weighted by Crippen LogP contribution is 2.21. The first-order chi connectivity index (χ1) is 9.93. The van der Waals surface area contributed by atoms with Crippen molar-refractivity contribution in [3.8, 4) is 0 Å². The summed E-state index contributed by atoms with van der Waals surface area (Å²) >= 11 is 0. The summed E-state index contributed by atoms with van der Waals surface area (Å²) in [5.41, 5.74) is 2.72. The summed E-state index contributed by atoms with van der Waals surface area (Å²) in [6.07, 6.45) is 0. The van der Waals surface area contributed by atoms with Crippen LogP contribution < -0.4 is 5.32 Å². The lowest BCUT2D eigenvalue weighted by molar-refractivity contribution is 0.0594. The number of hydrogen-bond acceptors (Lipinski definition) is 4. The molecule has 0 bridgehead atoms. The Balaban J connectivity index is 2.32. The van der Waals surface area contributed by atoms with E-state index in [1.165, 1.54) is 11.8 Å². The molecule has 0 saturated heterocycles. The van der Waals surface area contributed by atoms with Crippen molar-refractivity contribution in [3.63, 3.8) is 0 Å². The summed E-state index contributed by atoms with van der Waals surface area (Å²) < 4.78 is 6.21. The van der Waals surface area contributed by atoms with E-state index in [2.05, 4.69) is 15.2 Å². The summed E-state index contributed by atoms with van der Waals surface area (Å²) in [5, 5.41) is 6.80. The van der Waals surface area contributed by atoms with Crippen molar-refractivity contribution < 1.29 is 14.3 Å². The minimum absolute atomic E-state index is 0.0953. The van der Waals surface area contributed by atoms with Crippen molar-refractivity contribution in [2.45, 2.75) is 13.8 Å². The van der Waals surface area contributed by atoms with Crippen LogP contribution in [0.2, 0.25) is 0 Å². The van der Waals surface area contributed by atoms with E-state index in [0.29, 0.717) is 16.9 Å². The zero-order valence-corrected chi connectivity index (χ0v) is 12.4. The van der Waals surface area contributed by atoms with Crippen LogP contribution in [0.5, 0.6) is 0 Å². The minimum atomic E-state index is -0.585. The molecular formula is C15H17N3O3. The average Bonchev–Trinajstić information content (AvgIpc) is 2.75. The average molecular weight is 287 g/mol. The third-order valence-electron chi connectivity index (χ3n) is 3.27. The second-order valence-corrected chi connectivity index (χ2v) is 4.74. The number of nitrogens with one attached hydrogen (secondary N) is 1. The van der Waals surface area contributed by atoms with Crippen LogP contribution in [-0.2, 0) is 11.8 Å². The number of carbonyl (C=O) groups is 2. The Hall–Kier alpha value is -2.63. The Morgan fingerprint density at radius 2 is 1.81 bits per heavy atom. The molecule has 0 spiro atoms. The summed E-state index contributed by atoms with van der Waals surface area (Å²) in [4.78, 5) is 24.0. The number of aromatic nitrogens is 2. The highest BCUT2D eigenvalue weighted by Gasteiger charge is 2.22. The van der Waals surface area contributed by atoms with Gasteiger partial charge in [0.25, 0.3) is 5.91 Å². The van der Waals surface area contributed by atoms with E-state index in [4.69, 9.17) is 0 Å². The van der Waals surface area contributed by atoms with Crippen molar-refractivity contribution in [2.75, 3.05) is 12.4 Å². The molecule has 1 heterocycles. The van der Waals surface area contributed by atoms with Crippen LogP contribution in [-0.4, -0.2) is 28.8 Å². The van der Waals surface area contributed by atoms with Gasteiger partial charge in [-0.1, -0.05) is 17.7 Å². The fourth-order valence-electron chi connectivity index (χ4n) is 1.89. The molecule has 1 N–H and O–H groups in total. The molecule has 0 atom stereocenters. The molecule has 0 fully saturated rings. The molecule has 0 unspecified atom stereocenters. The first-order valence-electron chi connectivity index (χ1n) is 6.44. The third-order valence-corrected chi connectivity index (χ3v) is 3.27. The van der Waals surface area contributed by atoms with Crippen molar-refractivity contribution >= 4 is 17.6 Å². The topological polar surface area (TPSA) is 73.2 Å². The van der Waals surface area contributed by atoms with Gasteiger partial charge in [-0.25, -0.2) is 4.79 Å². The number of methoxy groups -OCH3 is 1. The van der Waals surface area contributed by atoms with Crippen LogP contribution in [0.25, 0.3) is 0 Å². The molecule has 6 nitrogen and oxygen atoms in total. The summed E-state index contributed by atoms with van der Waals surface area (Å²) in [6.45, 7) is 3.71. The molecule has 0 saturated carbocycles. The third kappa shape index (κ3) is 2.94. The second kappa shape index (κ2) is 5.78. The molecule has 21 heavy (non-hydrogen) atoms. The van der Waals surface area contributed by atoms with Gasteiger partial charge in [-0.15, -0.1) is 0 Å². The van der Waals surface area contributed by atoms with E-state index >= 15 is 0 Å². The fourth-order valence-corrected chi connectivity index (χ4v) is 1.89. The number of carbonyl (C=O) groups excluding carboxylic acids is 2. The largest absolute Gasteiger partial charge is 0.464 e. The van der Waals surface area contributed by atoms with Gasteiger partial charge in [-0.05, 0) is 26.0 Å². The molecule has 0 aliphatic carbocycles. The van der Waals surface area contributed by atoms with Crippen LogP contribution >= 0.6 is 0 Å². The molecule has 2 aromatic rings.